The third kappa shape index (κ3) is 2.72. The minimum absolute atomic E-state index is 0.186. The van der Waals surface area contributed by atoms with Gasteiger partial charge in [0, 0.05) is 5.56 Å². The lowest BCUT2D eigenvalue weighted by Gasteiger charge is -1.97. The maximum absolute atomic E-state index is 12.1. The van der Waals surface area contributed by atoms with Crippen molar-refractivity contribution in [2.75, 3.05) is 6.26 Å². The normalized spacial score (nSPS) is 11.2. The number of hydrogen-bond acceptors (Lipinski definition) is 5. The summed E-state index contributed by atoms with van der Waals surface area (Å²) in [7, 11) is 0. The maximum atomic E-state index is 12.1. The second-order valence-corrected chi connectivity index (χ2v) is 6.28. The number of ketones is 1. The van der Waals surface area contributed by atoms with Gasteiger partial charge >= 0.3 is 0 Å². The first-order valence-electron chi connectivity index (χ1n) is 5.07. The van der Waals surface area contributed by atoms with Crippen molar-refractivity contribution in [3.63, 3.8) is 0 Å². The maximum Gasteiger partial charge on any atom is 0.213 e. The Kier molecular flexibility index (Phi) is 4.37. The molecule has 0 amide bonds. The number of allylic oxidation sites excluding steroid dienone is 1. The van der Waals surface area contributed by atoms with E-state index in [0.29, 0.717) is 4.88 Å². The van der Waals surface area contributed by atoms with Crippen LogP contribution >= 0.6 is 34.4 Å². The van der Waals surface area contributed by atoms with E-state index < -0.39 is 0 Å². The number of thioether (sulfide) groups is 1. The van der Waals surface area contributed by atoms with Crippen molar-refractivity contribution in [3.8, 4) is 6.07 Å². The van der Waals surface area contributed by atoms with Crippen LogP contribution in [-0.2, 0) is 0 Å². The average molecular weight is 291 g/mol. The molecule has 0 N–H and O–H groups in total. The van der Waals surface area contributed by atoms with Crippen LogP contribution in [-0.4, -0.2) is 12.0 Å². The lowest BCUT2D eigenvalue weighted by molar-refractivity contribution is 0.104. The van der Waals surface area contributed by atoms with Crippen LogP contribution in [0.5, 0.6) is 0 Å². The van der Waals surface area contributed by atoms with E-state index in [-0.39, 0.29) is 11.4 Å². The summed E-state index contributed by atoms with van der Waals surface area (Å²) >= 11 is 4.58. The van der Waals surface area contributed by atoms with E-state index in [1.807, 2.05) is 35.2 Å². The van der Waals surface area contributed by atoms with E-state index in [1.165, 1.54) is 11.3 Å². The number of Topliss-reactive ketones (excluding diaryl/α,β-unsaturated/α-hetero) is 1. The van der Waals surface area contributed by atoms with Gasteiger partial charge in [-0.25, -0.2) is 0 Å². The number of nitriles is 1. The molecule has 0 saturated carbocycles. The van der Waals surface area contributed by atoms with Crippen LogP contribution < -0.4 is 0 Å². The molecule has 5 heteroatoms. The molecule has 0 spiro atoms. The zero-order valence-corrected chi connectivity index (χ0v) is 12.0. The summed E-state index contributed by atoms with van der Waals surface area (Å²) < 4.78 is 1.11. The molecule has 2 rings (SSSR count). The van der Waals surface area contributed by atoms with Gasteiger partial charge in [0.25, 0.3) is 0 Å². The lowest BCUT2D eigenvalue weighted by atomic mass is 10.1. The Morgan fingerprint density at radius 3 is 2.83 bits per heavy atom. The predicted octanol–water partition coefficient (Wildman–Crippen LogP) is 4.32. The lowest BCUT2D eigenvalue weighted by Crippen LogP contribution is -1.98. The minimum Gasteiger partial charge on any atom is -0.287 e. The fraction of sp³-hybridized carbons (Fsp3) is 0.0769. The van der Waals surface area contributed by atoms with Gasteiger partial charge in [0.05, 0.1) is 9.09 Å². The van der Waals surface area contributed by atoms with Crippen LogP contribution in [0.3, 0.4) is 0 Å². The average Bonchev–Trinajstić information content (AvgIpc) is 3.05. The van der Waals surface area contributed by atoms with Crippen molar-refractivity contribution >= 4 is 46.3 Å². The zero-order valence-electron chi connectivity index (χ0n) is 9.54. The van der Waals surface area contributed by atoms with E-state index in [0.717, 1.165) is 9.77 Å². The molecule has 0 aliphatic heterocycles. The highest BCUT2D eigenvalue weighted by Crippen LogP contribution is 2.29. The summed E-state index contributed by atoms with van der Waals surface area (Å²) in [4.78, 5) is 12.7. The fourth-order valence-corrected chi connectivity index (χ4v) is 3.62. The van der Waals surface area contributed by atoms with Gasteiger partial charge in [-0.2, -0.15) is 5.26 Å². The first-order chi connectivity index (χ1) is 8.76. The first kappa shape index (κ1) is 13.1. The molecule has 0 fully saturated rings. The zero-order chi connectivity index (χ0) is 13.0. The van der Waals surface area contributed by atoms with Crippen molar-refractivity contribution < 1.29 is 4.79 Å². The van der Waals surface area contributed by atoms with Crippen LogP contribution in [0.25, 0.3) is 6.08 Å². The van der Waals surface area contributed by atoms with Crippen LogP contribution in [0.2, 0.25) is 0 Å². The molecule has 0 radical (unpaired) electrons. The molecule has 0 unspecified atom stereocenters. The molecule has 0 saturated heterocycles. The Hall–Kier alpha value is -1.35. The largest absolute Gasteiger partial charge is 0.287 e. The van der Waals surface area contributed by atoms with Gasteiger partial charge in [0.2, 0.25) is 5.78 Å². The third-order valence-corrected chi connectivity index (χ3v) is 5.24. The van der Waals surface area contributed by atoms with Crippen LogP contribution in [0, 0.1) is 11.3 Å². The number of nitrogens with zero attached hydrogens (tertiary/aromatic N) is 1. The van der Waals surface area contributed by atoms with Gasteiger partial charge in [-0.1, -0.05) is 6.07 Å². The molecule has 0 aliphatic carbocycles. The molecule has 2 aromatic rings. The second kappa shape index (κ2) is 6.01. The van der Waals surface area contributed by atoms with Crippen LogP contribution in [0.1, 0.15) is 15.2 Å². The topological polar surface area (TPSA) is 40.9 Å². The first-order valence-corrected chi connectivity index (χ1v) is 8.06. The molecular weight excluding hydrogens is 282 g/mol. The van der Waals surface area contributed by atoms with Gasteiger partial charge in [-0.3, -0.25) is 4.79 Å². The summed E-state index contributed by atoms with van der Waals surface area (Å²) in [5, 5.41) is 12.9. The standard InChI is InChI=1S/C13H9NOS3/c1-16-13-9(4-6-18-13)7-10(8-14)12(15)11-3-2-5-17-11/h2-7H,1H3. The van der Waals surface area contributed by atoms with Gasteiger partial charge in [-0.15, -0.1) is 34.4 Å². The van der Waals surface area contributed by atoms with E-state index >= 15 is 0 Å². The molecule has 18 heavy (non-hydrogen) atoms. The van der Waals surface area contributed by atoms with Crippen LogP contribution in [0.4, 0.5) is 0 Å². The Morgan fingerprint density at radius 1 is 1.39 bits per heavy atom. The van der Waals surface area contributed by atoms with E-state index in [4.69, 9.17) is 5.26 Å². The Balaban J connectivity index is 2.35. The number of thiophene rings is 2. The van der Waals surface area contributed by atoms with Gasteiger partial charge < -0.3 is 0 Å². The monoisotopic (exact) mass is 291 g/mol. The van der Waals surface area contributed by atoms with Crippen molar-refractivity contribution in [2.45, 2.75) is 4.21 Å². The Morgan fingerprint density at radius 2 is 2.22 bits per heavy atom. The summed E-state index contributed by atoms with van der Waals surface area (Å²) in [5.41, 5.74) is 1.13. The van der Waals surface area contributed by atoms with E-state index in [9.17, 15) is 4.79 Å². The predicted molar refractivity (Wildman–Crippen MR) is 78.3 cm³/mol. The van der Waals surface area contributed by atoms with Gasteiger partial charge in [0.15, 0.2) is 0 Å². The van der Waals surface area contributed by atoms with Crippen molar-refractivity contribution in [1.29, 1.82) is 5.26 Å². The van der Waals surface area contributed by atoms with E-state index in [2.05, 4.69) is 0 Å². The van der Waals surface area contributed by atoms with Crippen molar-refractivity contribution in [3.05, 3.63) is 45.0 Å². The molecule has 0 atom stereocenters. The highest BCUT2D eigenvalue weighted by molar-refractivity contribution is 8.00. The smallest absolute Gasteiger partial charge is 0.213 e. The summed E-state index contributed by atoms with van der Waals surface area (Å²) in [6, 6.07) is 7.47. The molecule has 2 nitrogen and oxygen atoms in total. The molecular formula is C13H9NOS3. The Bertz CT molecular complexity index is 617. The number of hydrogen-bond donors (Lipinski definition) is 0. The number of rotatable bonds is 4. The molecule has 0 aromatic carbocycles. The summed E-state index contributed by atoms with van der Waals surface area (Å²) in [5.74, 6) is -0.203. The van der Waals surface area contributed by atoms with E-state index in [1.54, 1.807) is 35.2 Å². The SMILES string of the molecule is CSc1sccc1C=C(C#N)C(=O)c1cccs1. The van der Waals surface area contributed by atoms with Gasteiger partial charge in [0.1, 0.15) is 11.6 Å². The fourth-order valence-electron chi connectivity index (χ4n) is 1.42. The van der Waals surface area contributed by atoms with Crippen LogP contribution in [0.15, 0.2) is 38.7 Å². The Labute approximate surface area is 118 Å². The number of carbonyl (C=O) groups excluding carboxylic acids is 1. The summed E-state index contributed by atoms with van der Waals surface area (Å²) in [6.07, 6.45) is 3.65. The molecule has 2 heterocycles. The van der Waals surface area contributed by atoms with Crippen molar-refractivity contribution in [1.82, 2.24) is 0 Å². The van der Waals surface area contributed by atoms with Crippen molar-refractivity contribution in [2.24, 2.45) is 0 Å². The highest BCUT2D eigenvalue weighted by Gasteiger charge is 2.13. The highest BCUT2D eigenvalue weighted by atomic mass is 32.2. The molecule has 0 bridgehead atoms. The molecule has 90 valence electrons. The number of carbonyl (C=O) groups is 1. The minimum atomic E-state index is -0.203. The third-order valence-electron chi connectivity index (χ3n) is 2.25. The molecule has 0 aliphatic rings. The molecule has 2 aromatic heterocycles. The van der Waals surface area contributed by atoms with Gasteiger partial charge in [-0.05, 0) is 35.2 Å². The quantitative estimate of drug-likeness (QED) is 0.364. The second-order valence-electron chi connectivity index (χ2n) is 3.34. The summed E-state index contributed by atoms with van der Waals surface area (Å²) in [6.45, 7) is 0.